The monoisotopic (exact) mass is 438 g/mol. The molecule has 10 nitrogen and oxygen atoms in total. The van der Waals surface area contributed by atoms with Gasteiger partial charge in [0.05, 0.1) is 27.2 Å². The van der Waals surface area contributed by atoms with E-state index in [4.69, 9.17) is 0 Å². The Labute approximate surface area is 185 Å². The average molecular weight is 438 g/mol. The molecule has 0 unspecified atom stereocenters. The number of carbonyl (C=O) groups is 1. The zero-order valence-electron chi connectivity index (χ0n) is 18.6. The van der Waals surface area contributed by atoms with Crippen LogP contribution in [0.1, 0.15) is 0 Å². The van der Waals surface area contributed by atoms with E-state index >= 15 is 0 Å². The molecule has 0 fully saturated rings. The largest absolute Gasteiger partial charge is 0.508 e. The van der Waals surface area contributed by atoms with Crippen LogP contribution in [-0.2, 0) is 0 Å². The number of non-ortho nitro benzene ring substituents is 1. The zero-order valence-corrected chi connectivity index (χ0v) is 18.6. The number of nitro benzene ring substituents is 1. The van der Waals surface area contributed by atoms with Crippen molar-refractivity contribution in [2.24, 2.45) is 0 Å². The molecule has 10 heteroatoms. The summed E-state index contributed by atoms with van der Waals surface area (Å²) in [5, 5.41) is 23.1. The first-order valence-corrected chi connectivity index (χ1v) is 10.3. The first-order valence-electron chi connectivity index (χ1n) is 10.3. The summed E-state index contributed by atoms with van der Waals surface area (Å²) in [6, 6.07) is 7.49. The lowest BCUT2D eigenvalue weighted by atomic mass is 10.0. The van der Waals surface area contributed by atoms with Gasteiger partial charge in [-0.2, -0.15) is 0 Å². The lowest BCUT2D eigenvalue weighted by Crippen LogP contribution is -2.50. The number of likely N-dealkylation sites (N-methyl/N-ethyl adjacent to an activating group) is 2. The molecule has 0 spiro atoms. The highest BCUT2D eigenvalue weighted by Gasteiger charge is 2.36. The zero-order chi connectivity index (χ0) is 23.2. The molecule has 1 N–H and O–H groups in total. The molecule has 0 saturated heterocycles. The lowest BCUT2D eigenvalue weighted by Gasteiger charge is -2.38. The van der Waals surface area contributed by atoms with E-state index in [2.05, 4.69) is 4.98 Å². The third-order valence-corrected chi connectivity index (χ3v) is 5.60. The maximum Gasteiger partial charge on any atom is 0.329 e. The number of aromatic nitrogens is 1. The third kappa shape index (κ3) is 3.67. The fourth-order valence-electron chi connectivity index (χ4n) is 4.00. The van der Waals surface area contributed by atoms with Crippen molar-refractivity contribution >= 4 is 44.9 Å². The first-order chi connectivity index (χ1) is 15.2. The van der Waals surface area contributed by atoms with Crippen LogP contribution in [0.25, 0.3) is 21.8 Å². The quantitative estimate of drug-likeness (QED) is 0.343. The molecule has 3 aromatic rings. The SMILES string of the molecule is CN(C)CCN1C(=O)N(CCN(C)C)c2c3cc(O)ccc3nc3c([N+](=O)[O-])ccc1c23. The molecular weight excluding hydrogens is 412 g/mol. The second-order valence-electron chi connectivity index (χ2n) is 8.44. The molecule has 2 heterocycles. The Morgan fingerprint density at radius 2 is 1.69 bits per heavy atom. The Balaban J connectivity index is 2.08. The minimum absolute atomic E-state index is 0.0388. The molecule has 32 heavy (non-hydrogen) atoms. The number of hydrogen-bond acceptors (Lipinski definition) is 7. The number of aromatic hydroxyl groups is 1. The van der Waals surface area contributed by atoms with E-state index in [0.717, 1.165) is 0 Å². The standard InChI is InChI=1S/C22H26N6O4/c1-24(2)9-11-26-17-7-8-18(28(31)32)20-19(17)21(27(22(26)30)12-10-25(3)4)15-13-14(29)5-6-16(15)23-20/h5-8,13,29H,9-12H2,1-4H3. The van der Waals surface area contributed by atoms with Crippen LogP contribution in [0.4, 0.5) is 21.9 Å². The lowest BCUT2D eigenvalue weighted by molar-refractivity contribution is -0.383. The predicted octanol–water partition coefficient (Wildman–Crippen LogP) is 2.87. The maximum atomic E-state index is 13.7. The average Bonchev–Trinajstić information content (AvgIpc) is 2.72. The first kappa shape index (κ1) is 21.7. The van der Waals surface area contributed by atoms with E-state index in [0.29, 0.717) is 53.8 Å². The van der Waals surface area contributed by atoms with Crippen LogP contribution in [0.2, 0.25) is 0 Å². The molecule has 168 valence electrons. The van der Waals surface area contributed by atoms with Crippen molar-refractivity contribution in [3.8, 4) is 5.75 Å². The van der Waals surface area contributed by atoms with E-state index in [-0.39, 0.29) is 23.0 Å². The smallest absolute Gasteiger partial charge is 0.329 e. The summed E-state index contributed by atoms with van der Waals surface area (Å²) in [7, 11) is 7.69. The summed E-state index contributed by atoms with van der Waals surface area (Å²) in [5.74, 6) is 0.0388. The summed E-state index contributed by atoms with van der Waals surface area (Å²) in [6.07, 6.45) is 0. The number of pyridine rings is 1. The van der Waals surface area contributed by atoms with Crippen molar-refractivity contribution in [1.82, 2.24) is 14.8 Å². The van der Waals surface area contributed by atoms with Gasteiger partial charge in [0, 0.05) is 37.6 Å². The van der Waals surface area contributed by atoms with Crippen LogP contribution in [-0.4, -0.2) is 85.2 Å². The van der Waals surface area contributed by atoms with Gasteiger partial charge in [-0.05, 0) is 52.5 Å². The number of anilines is 2. The fourth-order valence-corrected chi connectivity index (χ4v) is 4.00. The molecule has 0 aliphatic carbocycles. The molecule has 1 aliphatic rings. The number of benzene rings is 2. The third-order valence-electron chi connectivity index (χ3n) is 5.60. The van der Waals surface area contributed by atoms with Crippen LogP contribution in [0.5, 0.6) is 5.75 Å². The van der Waals surface area contributed by atoms with Crippen molar-refractivity contribution in [3.63, 3.8) is 0 Å². The number of urea groups is 1. The van der Waals surface area contributed by atoms with Gasteiger partial charge < -0.3 is 14.9 Å². The molecule has 0 radical (unpaired) electrons. The highest BCUT2D eigenvalue weighted by atomic mass is 16.6. The minimum atomic E-state index is -0.452. The Kier molecular flexibility index (Phi) is 5.57. The molecule has 0 saturated carbocycles. The van der Waals surface area contributed by atoms with Gasteiger partial charge in [0.15, 0.2) is 5.52 Å². The second kappa shape index (κ2) is 8.21. The molecule has 4 rings (SSSR count). The van der Waals surface area contributed by atoms with Gasteiger partial charge >= 0.3 is 6.03 Å². The van der Waals surface area contributed by atoms with Gasteiger partial charge in [0.25, 0.3) is 5.69 Å². The van der Waals surface area contributed by atoms with Crippen molar-refractivity contribution in [2.45, 2.75) is 0 Å². The maximum absolute atomic E-state index is 13.7. The summed E-state index contributed by atoms with van der Waals surface area (Å²) in [6.45, 7) is 2.04. The second-order valence-corrected chi connectivity index (χ2v) is 8.44. The van der Waals surface area contributed by atoms with Crippen molar-refractivity contribution in [2.75, 3.05) is 64.2 Å². The van der Waals surface area contributed by atoms with E-state index in [1.54, 1.807) is 28.0 Å². The van der Waals surface area contributed by atoms with Gasteiger partial charge in [0.1, 0.15) is 5.75 Å². The van der Waals surface area contributed by atoms with E-state index in [9.17, 15) is 20.0 Å². The summed E-state index contributed by atoms with van der Waals surface area (Å²) >= 11 is 0. The molecule has 1 aliphatic heterocycles. The number of carbonyl (C=O) groups excluding carboxylic acids is 1. The van der Waals surface area contributed by atoms with Crippen LogP contribution >= 0.6 is 0 Å². The van der Waals surface area contributed by atoms with Gasteiger partial charge in [-0.1, -0.05) is 0 Å². The van der Waals surface area contributed by atoms with Gasteiger partial charge in [-0.25, -0.2) is 9.78 Å². The van der Waals surface area contributed by atoms with Gasteiger partial charge in [0.2, 0.25) is 0 Å². The molecule has 2 aromatic carbocycles. The number of rotatable bonds is 7. The number of hydrogen-bond donors (Lipinski definition) is 1. The molecular formula is C22H26N6O4. The number of amides is 2. The Morgan fingerprint density at radius 1 is 1.03 bits per heavy atom. The van der Waals surface area contributed by atoms with Crippen LogP contribution in [0.15, 0.2) is 30.3 Å². The topological polar surface area (TPSA) is 106 Å². The van der Waals surface area contributed by atoms with Crippen LogP contribution < -0.4 is 9.80 Å². The van der Waals surface area contributed by atoms with E-state index < -0.39 is 4.92 Å². The van der Waals surface area contributed by atoms with Gasteiger partial charge in [-0.3, -0.25) is 19.9 Å². The molecule has 1 aromatic heterocycles. The predicted molar refractivity (Wildman–Crippen MR) is 125 cm³/mol. The number of phenols is 1. The van der Waals surface area contributed by atoms with Crippen LogP contribution in [0.3, 0.4) is 0 Å². The van der Waals surface area contributed by atoms with Crippen LogP contribution in [0, 0.1) is 10.1 Å². The Morgan fingerprint density at radius 3 is 2.31 bits per heavy atom. The minimum Gasteiger partial charge on any atom is -0.508 e. The molecule has 2 amide bonds. The number of phenolic OH excluding ortho intramolecular Hbond substituents is 1. The van der Waals surface area contributed by atoms with E-state index in [1.807, 2.05) is 38.0 Å². The number of nitrogens with zero attached hydrogens (tertiary/aromatic N) is 6. The number of fused-ring (bicyclic) bond motifs is 2. The van der Waals surface area contributed by atoms with Crippen molar-refractivity contribution in [3.05, 3.63) is 40.4 Å². The van der Waals surface area contributed by atoms with Gasteiger partial charge in [-0.15, -0.1) is 0 Å². The normalized spacial score (nSPS) is 13.8. The van der Waals surface area contributed by atoms with Crippen molar-refractivity contribution in [1.29, 1.82) is 0 Å². The number of nitro groups is 1. The molecule has 0 atom stereocenters. The van der Waals surface area contributed by atoms with Crippen molar-refractivity contribution < 1.29 is 14.8 Å². The summed E-state index contributed by atoms with van der Waals surface area (Å²) in [5.41, 5.74) is 1.74. The Hall–Kier alpha value is -3.50. The Bertz CT molecular complexity index is 1230. The summed E-state index contributed by atoms with van der Waals surface area (Å²) < 4.78 is 0. The summed E-state index contributed by atoms with van der Waals surface area (Å²) in [4.78, 5) is 36.9. The molecule has 0 bridgehead atoms. The highest BCUT2D eigenvalue weighted by Crippen LogP contribution is 2.46. The van der Waals surface area contributed by atoms with E-state index in [1.165, 1.54) is 12.1 Å². The highest BCUT2D eigenvalue weighted by molar-refractivity contribution is 6.26. The fraction of sp³-hybridized carbons (Fsp3) is 0.364.